The molecule has 0 unspecified atom stereocenters. The Morgan fingerprint density at radius 1 is 1.25 bits per heavy atom. The van der Waals surface area contributed by atoms with Gasteiger partial charge < -0.3 is 4.74 Å². The Morgan fingerprint density at radius 3 is 2.50 bits per heavy atom. The molecule has 0 heterocycles. The van der Waals surface area contributed by atoms with Crippen LogP contribution in [0.25, 0.3) is 0 Å². The van der Waals surface area contributed by atoms with E-state index < -0.39 is 21.6 Å². The number of carbonyl (C=O) groups is 1. The molecule has 0 aromatic carbocycles. The molecule has 0 aliphatic rings. The van der Waals surface area contributed by atoms with Gasteiger partial charge in [0.15, 0.2) is 9.84 Å². The molecular formula is C11H20O4S. The molecule has 0 aromatic rings. The lowest BCUT2D eigenvalue weighted by atomic mass is 10.2. The molecule has 5 heteroatoms. The van der Waals surface area contributed by atoms with E-state index in [1.165, 1.54) is 7.11 Å². The van der Waals surface area contributed by atoms with Gasteiger partial charge in [0.1, 0.15) is 5.75 Å². The van der Waals surface area contributed by atoms with Crippen LogP contribution in [-0.4, -0.2) is 33.0 Å². The third kappa shape index (κ3) is 8.47. The fraction of sp³-hybridized carbons (Fsp3) is 0.727. The van der Waals surface area contributed by atoms with Gasteiger partial charge in [0.25, 0.3) is 0 Å². The van der Waals surface area contributed by atoms with Gasteiger partial charge in [-0.15, -0.1) is 0 Å². The second-order valence-electron chi connectivity index (χ2n) is 3.60. The molecule has 0 saturated carbocycles. The van der Waals surface area contributed by atoms with E-state index in [2.05, 4.69) is 11.7 Å². The van der Waals surface area contributed by atoms with Gasteiger partial charge in [0, 0.05) is 0 Å². The number of hydrogen-bond donors (Lipinski definition) is 0. The Balaban J connectivity index is 3.86. The Labute approximate surface area is 97.6 Å². The molecule has 0 aliphatic carbocycles. The maximum absolute atomic E-state index is 11.3. The number of esters is 1. The van der Waals surface area contributed by atoms with Crippen molar-refractivity contribution in [3.63, 3.8) is 0 Å². The molecule has 0 spiro atoms. The highest BCUT2D eigenvalue weighted by Gasteiger charge is 2.14. The second-order valence-corrected chi connectivity index (χ2v) is 5.71. The van der Waals surface area contributed by atoms with Crippen molar-refractivity contribution in [1.82, 2.24) is 0 Å². The molecule has 0 saturated heterocycles. The minimum absolute atomic E-state index is 0.0891. The van der Waals surface area contributed by atoms with Crippen molar-refractivity contribution in [2.45, 2.75) is 32.6 Å². The van der Waals surface area contributed by atoms with Crippen LogP contribution in [0.2, 0.25) is 0 Å². The summed E-state index contributed by atoms with van der Waals surface area (Å²) in [6.07, 6.45) is 7.72. The molecule has 16 heavy (non-hydrogen) atoms. The maximum atomic E-state index is 11.3. The van der Waals surface area contributed by atoms with Crippen LogP contribution in [0, 0.1) is 0 Å². The number of hydrogen-bond acceptors (Lipinski definition) is 4. The first kappa shape index (κ1) is 15.2. The van der Waals surface area contributed by atoms with Crippen LogP contribution in [0.4, 0.5) is 0 Å². The lowest BCUT2D eigenvalue weighted by Gasteiger charge is -1.99. The van der Waals surface area contributed by atoms with Crippen molar-refractivity contribution in [2.75, 3.05) is 18.6 Å². The molecule has 0 aromatic heterocycles. The number of methoxy groups -OCH3 is 1. The number of allylic oxidation sites excluding steroid dienone is 1. The maximum Gasteiger partial charge on any atom is 0.320 e. The normalized spacial score (nSPS) is 11.9. The highest BCUT2D eigenvalue weighted by atomic mass is 32.2. The molecule has 0 atom stereocenters. The monoisotopic (exact) mass is 248 g/mol. The molecule has 0 bridgehead atoms. The van der Waals surface area contributed by atoms with Crippen LogP contribution in [0.3, 0.4) is 0 Å². The number of rotatable bonds is 8. The summed E-state index contributed by atoms with van der Waals surface area (Å²) in [5.74, 6) is -1.34. The third-order valence-corrected chi connectivity index (χ3v) is 3.43. The summed E-state index contributed by atoms with van der Waals surface area (Å²) in [6.45, 7) is 2.12. The summed E-state index contributed by atoms with van der Waals surface area (Å²) in [5.41, 5.74) is 0. The highest BCUT2D eigenvalue weighted by Crippen LogP contribution is 2.00. The Bertz CT molecular complexity index is 317. The van der Waals surface area contributed by atoms with Crippen LogP contribution < -0.4 is 0 Å². The quantitative estimate of drug-likeness (QED) is 0.373. The highest BCUT2D eigenvalue weighted by molar-refractivity contribution is 7.92. The lowest BCUT2D eigenvalue weighted by molar-refractivity contribution is -0.137. The summed E-state index contributed by atoms with van der Waals surface area (Å²) >= 11 is 0. The predicted octanol–water partition coefficient (Wildman–Crippen LogP) is 1.71. The Hall–Kier alpha value is -0.840. The van der Waals surface area contributed by atoms with E-state index >= 15 is 0 Å². The molecule has 94 valence electrons. The van der Waals surface area contributed by atoms with Crippen LogP contribution in [-0.2, 0) is 19.4 Å². The van der Waals surface area contributed by atoms with Gasteiger partial charge in [-0.1, -0.05) is 31.9 Å². The zero-order valence-electron chi connectivity index (χ0n) is 9.94. The fourth-order valence-electron chi connectivity index (χ4n) is 1.14. The van der Waals surface area contributed by atoms with E-state index in [0.717, 1.165) is 25.7 Å². The number of carbonyl (C=O) groups excluding carboxylic acids is 1. The average molecular weight is 248 g/mol. The van der Waals surface area contributed by atoms with E-state index in [-0.39, 0.29) is 5.75 Å². The zero-order chi connectivity index (χ0) is 12.4. The molecule has 0 aliphatic heterocycles. The summed E-state index contributed by atoms with van der Waals surface area (Å²) in [4.78, 5) is 10.8. The van der Waals surface area contributed by atoms with Crippen molar-refractivity contribution in [3.05, 3.63) is 12.2 Å². The molecule has 0 fully saturated rings. The van der Waals surface area contributed by atoms with Gasteiger partial charge in [-0.3, -0.25) is 4.79 Å². The van der Waals surface area contributed by atoms with Crippen molar-refractivity contribution in [1.29, 1.82) is 0 Å². The molecule has 4 nitrogen and oxygen atoms in total. The smallest absolute Gasteiger partial charge is 0.320 e. The summed E-state index contributed by atoms with van der Waals surface area (Å²) in [5, 5.41) is 0. The molecular weight excluding hydrogens is 228 g/mol. The Morgan fingerprint density at radius 2 is 1.94 bits per heavy atom. The summed E-state index contributed by atoms with van der Waals surface area (Å²) in [7, 11) is -2.17. The predicted molar refractivity (Wildman–Crippen MR) is 64.0 cm³/mol. The van der Waals surface area contributed by atoms with E-state index in [9.17, 15) is 13.2 Å². The topological polar surface area (TPSA) is 60.4 Å². The van der Waals surface area contributed by atoms with Gasteiger partial charge >= 0.3 is 5.97 Å². The van der Waals surface area contributed by atoms with Gasteiger partial charge in [-0.05, 0) is 12.8 Å². The SMILES string of the molecule is CCCCC/C=C/CS(=O)(=O)CC(=O)OC. The first-order valence-corrected chi connectivity index (χ1v) is 7.26. The minimum atomic E-state index is -3.35. The first-order chi connectivity index (χ1) is 7.52. The van der Waals surface area contributed by atoms with E-state index in [0.29, 0.717) is 0 Å². The number of sulfone groups is 1. The van der Waals surface area contributed by atoms with Gasteiger partial charge in [-0.2, -0.15) is 0 Å². The second kappa shape index (κ2) is 8.33. The van der Waals surface area contributed by atoms with Gasteiger partial charge in [0.2, 0.25) is 0 Å². The molecule has 0 amide bonds. The fourth-order valence-corrected chi connectivity index (χ4v) is 2.17. The van der Waals surface area contributed by atoms with Crippen LogP contribution >= 0.6 is 0 Å². The molecule has 0 N–H and O–H groups in total. The first-order valence-electron chi connectivity index (χ1n) is 5.44. The minimum Gasteiger partial charge on any atom is -0.468 e. The van der Waals surface area contributed by atoms with E-state index in [4.69, 9.17) is 0 Å². The molecule has 0 rings (SSSR count). The van der Waals surface area contributed by atoms with Crippen LogP contribution in [0.5, 0.6) is 0 Å². The molecule has 0 radical (unpaired) electrons. The van der Waals surface area contributed by atoms with Crippen molar-refractivity contribution >= 4 is 15.8 Å². The van der Waals surface area contributed by atoms with Gasteiger partial charge in [0.05, 0.1) is 12.9 Å². The van der Waals surface area contributed by atoms with Crippen molar-refractivity contribution in [3.8, 4) is 0 Å². The van der Waals surface area contributed by atoms with Gasteiger partial charge in [-0.25, -0.2) is 8.42 Å². The zero-order valence-corrected chi connectivity index (χ0v) is 10.8. The van der Waals surface area contributed by atoms with Crippen LogP contribution in [0.15, 0.2) is 12.2 Å². The van der Waals surface area contributed by atoms with Crippen LogP contribution in [0.1, 0.15) is 32.6 Å². The summed E-state index contributed by atoms with van der Waals surface area (Å²) in [6, 6.07) is 0. The van der Waals surface area contributed by atoms with E-state index in [1.54, 1.807) is 6.08 Å². The van der Waals surface area contributed by atoms with Crippen molar-refractivity contribution < 1.29 is 17.9 Å². The van der Waals surface area contributed by atoms with E-state index in [1.807, 2.05) is 6.08 Å². The standard InChI is InChI=1S/C11H20O4S/c1-3-4-5-6-7-8-9-16(13,14)10-11(12)15-2/h7-8H,3-6,9-10H2,1-2H3/b8-7+. The Kier molecular flexibility index (Phi) is 7.89. The number of ether oxygens (including phenoxy) is 1. The number of unbranched alkanes of at least 4 members (excludes halogenated alkanes) is 3. The summed E-state index contributed by atoms with van der Waals surface area (Å²) < 4.78 is 27.0. The lowest BCUT2D eigenvalue weighted by Crippen LogP contribution is -2.19. The third-order valence-electron chi connectivity index (χ3n) is 2.06. The van der Waals surface area contributed by atoms with Crippen molar-refractivity contribution in [2.24, 2.45) is 0 Å². The average Bonchev–Trinajstić information content (AvgIpc) is 2.22. The largest absolute Gasteiger partial charge is 0.468 e.